The smallest absolute Gasteiger partial charge is 0.377 e. The Balaban J connectivity index is 1.87. The summed E-state index contributed by atoms with van der Waals surface area (Å²) in [5, 5.41) is 0. The number of para-hydroxylation sites is 3. The van der Waals surface area contributed by atoms with Crippen LogP contribution in [0, 0.1) is 0 Å². The quantitative estimate of drug-likeness (QED) is 0.0549. The van der Waals surface area contributed by atoms with Crippen LogP contribution in [0.3, 0.4) is 0 Å². The van der Waals surface area contributed by atoms with Gasteiger partial charge in [-0.3, -0.25) is 0 Å². The topological polar surface area (TPSA) is 20.8 Å². The van der Waals surface area contributed by atoms with Crippen LogP contribution >= 0.6 is 22.2 Å². The summed E-state index contributed by atoms with van der Waals surface area (Å²) < 4.78 is 4.75. The van der Waals surface area contributed by atoms with Gasteiger partial charge in [-0.15, -0.1) is 22.2 Å². The van der Waals surface area contributed by atoms with Crippen molar-refractivity contribution in [2.45, 2.75) is 198 Å². The molecule has 6 rings (SSSR count). The molecule has 1 aromatic heterocycles. The Hall–Kier alpha value is -4.09. The van der Waals surface area contributed by atoms with Crippen LogP contribution in [0.4, 0.5) is 5.69 Å². The van der Waals surface area contributed by atoms with Crippen LogP contribution in [0.5, 0.6) is 0 Å². The van der Waals surface area contributed by atoms with Crippen molar-refractivity contribution >= 4 is 40.1 Å². The Kier molecular flexibility index (Phi) is 17.1. The average Bonchev–Trinajstić information content (AvgIpc) is 3.73. The molecule has 0 spiro atoms. The zero-order valence-electron chi connectivity index (χ0n) is 46.1. The van der Waals surface area contributed by atoms with Gasteiger partial charge in [0.05, 0.1) is 0 Å². The zero-order chi connectivity index (χ0) is 51.1. The molecule has 0 aliphatic rings. The van der Waals surface area contributed by atoms with Gasteiger partial charge in [-0.25, -0.2) is 0 Å². The van der Waals surface area contributed by atoms with Crippen LogP contribution in [-0.2, 0) is 0 Å². The number of aromatic nitrogens is 2. The molecule has 0 saturated heterocycles. The molecule has 69 heavy (non-hydrogen) atoms. The highest BCUT2D eigenvalue weighted by molar-refractivity contribution is 7.51. The van der Waals surface area contributed by atoms with Crippen LogP contribution < -0.4 is 15.0 Å². The minimum Gasteiger partial charge on any atom is -0.377 e. The first-order valence-corrected chi connectivity index (χ1v) is 30.4. The van der Waals surface area contributed by atoms with Gasteiger partial charge in [-0.2, -0.15) is 9.13 Å². The second-order valence-corrected chi connectivity index (χ2v) is 28.9. The minimum atomic E-state index is -3.90. The molecule has 0 unspecified atom stereocenters. The highest BCUT2D eigenvalue weighted by atomic mass is 35.7. The summed E-state index contributed by atoms with van der Waals surface area (Å²) in [6, 6.07) is 30.4. The molecule has 6 aromatic rings. The maximum atomic E-state index is 8.59. The molecule has 0 fully saturated rings. The number of rotatable bonds is 17. The monoisotopic (exact) mass is 983 g/mol. The Morgan fingerprint density at radius 3 is 1.06 bits per heavy atom. The summed E-state index contributed by atoms with van der Waals surface area (Å²) in [4.78, 5) is 4.24. The van der Waals surface area contributed by atoms with Crippen molar-refractivity contribution in [2.75, 3.05) is 4.98 Å². The second kappa shape index (κ2) is 21.7. The van der Waals surface area contributed by atoms with Gasteiger partial charge in [0.2, 0.25) is 0 Å². The third kappa shape index (κ3) is 10.9. The third-order valence-corrected chi connectivity index (χ3v) is 17.6. The molecule has 3 nitrogen and oxygen atoms in total. The summed E-state index contributed by atoms with van der Waals surface area (Å²) in [7, 11) is 0. The summed E-state index contributed by atoms with van der Waals surface area (Å²) in [6.07, 6.45) is 4.47. The predicted molar refractivity (Wildman–Crippen MR) is 306 cm³/mol. The zero-order valence-corrected chi connectivity index (χ0v) is 48.6. The number of benzene rings is 5. The Bertz CT molecular complexity index is 2480. The van der Waals surface area contributed by atoms with E-state index in [9.17, 15) is 0 Å². The van der Waals surface area contributed by atoms with Crippen molar-refractivity contribution in [1.82, 2.24) is 4.57 Å². The first kappa shape index (κ1) is 54.2. The lowest BCUT2D eigenvalue weighted by atomic mass is 9.78. The molecule has 0 saturated carbocycles. The lowest BCUT2D eigenvalue weighted by Gasteiger charge is -2.30. The fraction of sp³-hybridized carbons (Fsp3) is 0.476. The molecule has 1 N–H and O–H groups in total. The van der Waals surface area contributed by atoms with Crippen molar-refractivity contribution in [3.05, 3.63) is 147 Å². The van der Waals surface area contributed by atoms with E-state index in [1.165, 1.54) is 78.1 Å². The number of nitrogens with zero attached hydrogens (tertiary/aromatic N) is 2. The van der Waals surface area contributed by atoms with E-state index in [0.717, 1.165) is 22.3 Å². The van der Waals surface area contributed by atoms with Crippen molar-refractivity contribution in [2.24, 2.45) is 0 Å². The molecular formula is C63H86Cl2N3Si+. The minimum absolute atomic E-state index is 0.258. The summed E-state index contributed by atoms with van der Waals surface area (Å²) >= 11 is 17.2. The Labute approximate surface area is 430 Å². The number of hydrogen-bond acceptors (Lipinski definition) is 1. The number of anilines is 1. The normalized spacial score (nSPS) is 12.6. The van der Waals surface area contributed by atoms with E-state index in [2.05, 4.69) is 244 Å². The molecule has 1 heterocycles. The number of nitrogens with one attached hydrogen (secondary N) is 1. The lowest BCUT2D eigenvalue weighted by Crippen LogP contribution is -2.64. The highest BCUT2D eigenvalue weighted by Crippen LogP contribution is 2.49. The summed E-state index contributed by atoms with van der Waals surface area (Å²) in [6.45, 7) is 42.5. The molecule has 0 radical (unpaired) electrons. The maximum absolute atomic E-state index is 8.59. The van der Waals surface area contributed by atoms with E-state index in [4.69, 9.17) is 22.2 Å². The van der Waals surface area contributed by atoms with Crippen molar-refractivity contribution in [1.29, 1.82) is 0 Å². The SMILES string of the molecule is CC(C)c1cc(C(C)C)c(-c2cccc(-c3c(C(C)C)cc(C(C)C)cc3C(C)C)c2N[Si](Cl)(Cl)c2n(-c3c(C(C)C)cccc3C(C)C)cc[n+]2-c2c(C(C)C)cccc2C(C)C)c(C(C)C)c1. The number of imidazole rings is 1. The molecule has 0 amide bonds. The van der Waals surface area contributed by atoms with E-state index in [-0.39, 0.29) is 47.3 Å². The van der Waals surface area contributed by atoms with Crippen LogP contribution in [0.15, 0.2) is 91.3 Å². The van der Waals surface area contributed by atoms with Crippen LogP contribution in [0.25, 0.3) is 33.6 Å². The van der Waals surface area contributed by atoms with Crippen molar-refractivity contribution in [3.8, 4) is 33.6 Å². The standard InChI is InChI=1S/C63H86Cl2N3Si/c1-36(2)46-32-54(42(13)14)58(55(33-46)43(15)16)52-28-23-29-53(59-56(44(17)18)34-47(37(3)4)35-57(59)45(19)20)60(52)66-69(64,65)63-67(61-48(38(5)6)24-21-25-49(61)39(7)8)30-31-68(63)62-50(40(9)10)26-22-27-51(62)41(11)12/h21-45,66H,1-20H3/q+1. The van der Waals surface area contributed by atoms with Crippen LogP contribution in [0.2, 0.25) is 0 Å². The summed E-state index contributed by atoms with van der Waals surface area (Å²) in [5.74, 6) is 2.90. The van der Waals surface area contributed by atoms with E-state index in [0.29, 0.717) is 11.8 Å². The van der Waals surface area contributed by atoms with Gasteiger partial charge in [-0.1, -0.05) is 217 Å². The first-order chi connectivity index (χ1) is 32.3. The van der Waals surface area contributed by atoms with E-state index in [1.807, 2.05) is 0 Å². The molecule has 0 aliphatic carbocycles. The second-order valence-electron chi connectivity index (χ2n) is 23.1. The van der Waals surface area contributed by atoms with Gasteiger partial charge >= 0.3 is 6.86 Å². The highest BCUT2D eigenvalue weighted by Gasteiger charge is 2.49. The molecule has 370 valence electrons. The van der Waals surface area contributed by atoms with Gasteiger partial charge in [0.15, 0.2) is 0 Å². The Morgan fingerprint density at radius 2 is 0.739 bits per heavy atom. The van der Waals surface area contributed by atoms with Crippen LogP contribution in [0.1, 0.15) is 253 Å². The van der Waals surface area contributed by atoms with Crippen molar-refractivity contribution in [3.63, 3.8) is 0 Å². The lowest BCUT2D eigenvalue weighted by molar-refractivity contribution is -0.577. The Morgan fingerprint density at radius 1 is 0.420 bits per heavy atom. The van der Waals surface area contributed by atoms with E-state index < -0.39 is 6.86 Å². The largest absolute Gasteiger partial charge is 0.480 e. The van der Waals surface area contributed by atoms with Crippen molar-refractivity contribution < 1.29 is 4.57 Å². The molecule has 5 aromatic carbocycles. The summed E-state index contributed by atoms with van der Waals surface area (Å²) in [5.41, 5.74) is 22.3. The van der Waals surface area contributed by atoms with Crippen LogP contribution in [-0.4, -0.2) is 11.4 Å². The molecule has 0 atom stereocenters. The van der Waals surface area contributed by atoms with Gasteiger partial charge in [0.25, 0.3) is 5.45 Å². The maximum Gasteiger partial charge on any atom is 0.480 e. The van der Waals surface area contributed by atoms with E-state index >= 15 is 0 Å². The van der Waals surface area contributed by atoms with Gasteiger partial charge in [-0.05, 0) is 104 Å². The molecular weight excluding hydrogens is 898 g/mol. The fourth-order valence-corrected chi connectivity index (χ4v) is 13.8. The molecule has 6 heteroatoms. The average molecular weight is 984 g/mol. The molecule has 0 bridgehead atoms. The van der Waals surface area contributed by atoms with Gasteiger partial charge < -0.3 is 4.98 Å². The predicted octanol–water partition coefficient (Wildman–Crippen LogP) is 19.1. The molecule has 0 aliphatic heterocycles. The fourth-order valence-electron chi connectivity index (χ4n) is 10.5. The first-order valence-electron chi connectivity index (χ1n) is 26.3. The van der Waals surface area contributed by atoms with Gasteiger partial charge in [0.1, 0.15) is 23.8 Å². The van der Waals surface area contributed by atoms with Gasteiger partial charge in [0, 0.05) is 39.1 Å². The number of hydrogen-bond donors (Lipinski definition) is 1. The van der Waals surface area contributed by atoms with E-state index in [1.54, 1.807) is 0 Å². The third-order valence-electron chi connectivity index (χ3n) is 14.4. The number of halogens is 2.